The minimum Gasteiger partial charge on any atom is -0.493 e. The fourth-order valence-corrected chi connectivity index (χ4v) is 3.47. The molecule has 4 nitrogen and oxygen atoms in total. The lowest BCUT2D eigenvalue weighted by Gasteiger charge is -2.31. The van der Waals surface area contributed by atoms with Crippen LogP contribution >= 0.6 is 0 Å². The SMILES string of the molecule is CC(=O)CC1CCCN1C(=O)C1CCOc2ccccc21. The Morgan fingerprint density at radius 3 is 2.90 bits per heavy atom. The number of hydrogen-bond acceptors (Lipinski definition) is 3. The molecule has 1 amide bonds. The van der Waals surface area contributed by atoms with Crippen LogP contribution in [0.5, 0.6) is 5.75 Å². The van der Waals surface area contributed by atoms with Crippen molar-refractivity contribution in [3.05, 3.63) is 29.8 Å². The Kier molecular flexibility index (Phi) is 3.95. The number of likely N-dealkylation sites (tertiary alicyclic amines) is 1. The smallest absolute Gasteiger partial charge is 0.230 e. The molecule has 1 saturated heterocycles. The van der Waals surface area contributed by atoms with E-state index in [1.807, 2.05) is 29.2 Å². The van der Waals surface area contributed by atoms with E-state index in [1.54, 1.807) is 6.92 Å². The highest BCUT2D eigenvalue weighted by atomic mass is 16.5. The molecule has 1 aromatic rings. The molecule has 2 atom stereocenters. The van der Waals surface area contributed by atoms with Gasteiger partial charge in [-0.1, -0.05) is 18.2 Å². The van der Waals surface area contributed by atoms with Crippen LogP contribution in [0.4, 0.5) is 0 Å². The maximum Gasteiger partial charge on any atom is 0.230 e. The van der Waals surface area contributed by atoms with Gasteiger partial charge >= 0.3 is 0 Å². The van der Waals surface area contributed by atoms with E-state index in [0.717, 1.165) is 37.1 Å². The fraction of sp³-hybridized carbons (Fsp3) is 0.529. The number of Topliss-reactive ketones (excluding diaryl/α,β-unsaturated/α-hetero) is 1. The zero-order valence-corrected chi connectivity index (χ0v) is 12.4. The van der Waals surface area contributed by atoms with Gasteiger partial charge < -0.3 is 9.64 Å². The molecule has 0 aliphatic carbocycles. The van der Waals surface area contributed by atoms with E-state index < -0.39 is 0 Å². The van der Waals surface area contributed by atoms with Crippen LogP contribution in [-0.2, 0) is 9.59 Å². The van der Waals surface area contributed by atoms with Gasteiger partial charge in [-0.05, 0) is 32.3 Å². The van der Waals surface area contributed by atoms with Crippen LogP contribution in [0.25, 0.3) is 0 Å². The van der Waals surface area contributed by atoms with Gasteiger partial charge in [0.1, 0.15) is 11.5 Å². The van der Waals surface area contributed by atoms with E-state index in [2.05, 4.69) is 0 Å². The Balaban J connectivity index is 1.81. The summed E-state index contributed by atoms with van der Waals surface area (Å²) < 4.78 is 5.63. The van der Waals surface area contributed by atoms with E-state index in [1.165, 1.54) is 0 Å². The van der Waals surface area contributed by atoms with Crippen LogP contribution < -0.4 is 4.74 Å². The molecule has 2 aliphatic heterocycles. The minimum atomic E-state index is -0.123. The number of ether oxygens (including phenoxy) is 1. The van der Waals surface area contributed by atoms with Crippen molar-refractivity contribution in [1.82, 2.24) is 4.90 Å². The minimum absolute atomic E-state index is 0.0880. The summed E-state index contributed by atoms with van der Waals surface area (Å²) in [7, 11) is 0. The van der Waals surface area contributed by atoms with Crippen molar-refractivity contribution >= 4 is 11.7 Å². The Hall–Kier alpha value is -1.84. The Morgan fingerprint density at radius 1 is 1.29 bits per heavy atom. The maximum atomic E-state index is 12.9. The summed E-state index contributed by atoms with van der Waals surface area (Å²) in [4.78, 5) is 26.2. The highest BCUT2D eigenvalue weighted by molar-refractivity contribution is 5.86. The summed E-state index contributed by atoms with van der Waals surface area (Å²) in [5.41, 5.74) is 0.988. The van der Waals surface area contributed by atoms with Crippen LogP contribution in [0.2, 0.25) is 0 Å². The van der Waals surface area contributed by atoms with Gasteiger partial charge in [0.05, 0.1) is 12.5 Å². The van der Waals surface area contributed by atoms with Crippen LogP contribution in [0.3, 0.4) is 0 Å². The number of carbonyl (C=O) groups is 2. The monoisotopic (exact) mass is 287 g/mol. The summed E-state index contributed by atoms with van der Waals surface area (Å²) in [6.07, 6.45) is 3.14. The van der Waals surface area contributed by atoms with Gasteiger partial charge in [-0.2, -0.15) is 0 Å². The van der Waals surface area contributed by atoms with E-state index >= 15 is 0 Å². The second kappa shape index (κ2) is 5.88. The first-order valence-electron chi connectivity index (χ1n) is 7.68. The van der Waals surface area contributed by atoms with Crippen molar-refractivity contribution in [3.8, 4) is 5.75 Å². The van der Waals surface area contributed by atoms with Gasteiger partial charge in [-0.15, -0.1) is 0 Å². The molecule has 0 radical (unpaired) electrons. The topological polar surface area (TPSA) is 46.6 Å². The molecular weight excluding hydrogens is 266 g/mol. The number of carbonyl (C=O) groups excluding carboxylic acids is 2. The summed E-state index contributed by atoms with van der Waals surface area (Å²) in [5, 5.41) is 0. The molecule has 112 valence electrons. The van der Waals surface area contributed by atoms with Crippen molar-refractivity contribution in [1.29, 1.82) is 0 Å². The van der Waals surface area contributed by atoms with Crippen molar-refractivity contribution in [2.45, 2.75) is 44.6 Å². The lowest BCUT2D eigenvalue weighted by Crippen LogP contribution is -2.40. The quantitative estimate of drug-likeness (QED) is 0.858. The molecule has 2 heterocycles. The average molecular weight is 287 g/mol. The van der Waals surface area contributed by atoms with Gasteiger partial charge in [0.15, 0.2) is 0 Å². The molecule has 0 N–H and O–H groups in total. The van der Waals surface area contributed by atoms with Crippen molar-refractivity contribution in [2.24, 2.45) is 0 Å². The highest BCUT2D eigenvalue weighted by Crippen LogP contribution is 2.36. The van der Waals surface area contributed by atoms with Crippen LogP contribution in [-0.4, -0.2) is 35.8 Å². The second-order valence-electron chi connectivity index (χ2n) is 5.96. The van der Waals surface area contributed by atoms with Crippen molar-refractivity contribution < 1.29 is 14.3 Å². The molecule has 1 aromatic carbocycles. The number of nitrogens with zero attached hydrogens (tertiary/aromatic N) is 1. The van der Waals surface area contributed by atoms with Crippen LogP contribution in [0.1, 0.15) is 44.1 Å². The van der Waals surface area contributed by atoms with Gasteiger partial charge in [0, 0.05) is 24.6 Å². The second-order valence-corrected chi connectivity index (χ2v) is 5.96. The number of amides is 1. The highest BCUT2D eigenvalue weighted by Gasteiger charge is 2.36. The molecule has 0 bridgehead atoms. The standard InChI is InChI=1S/C17H21NO3/c1-12(19)11-13-5-4-9-18(13)17(20)15-8-10-21-16-7-3-2-6-14(15)16/h2-3,6-7,13,15H,4-5,8-11H2,1H3. The zero-order valence-electron chi connectivity index (χ0n) is 12.4. The largest absolute Gasteiger partial charge is 0.493 e. The molecule has 2 unspecified atom stereocenters. The summed E-state index contributed by atoms with van der Waals surface area (Å²) in [6, 6.07) is 7.87. The zero-order chi connectivity index (χ0) is 14.8. The van der Waals surface area contributed by atoms with E-state index in [0.29, 0.717) is 13.0 Å². The number of rotatable bonds is 3. The molecule has 3 rings (SSSR count). The van der Waals surface area contributed by atoms with Gasteiger partial charge in [-0.25, -0.2) is 0 Å². The van der Waals surface area contributed by atoms with Crippen molar-refractivity contribution in [2.75, 3.05) is 13.2 Å². The first kappa shape index (κ1) is 14.1. The van der Waals surface area contributed by atoms with Gasteiger partial charge in [0.2, 0.25) is 5.91 Å². The van der Waals surface area contributed by atoms with E-state index in [4.69, 9.17) is 4.74 Å². The number of ketones is 1. The Morgan fingerprint density at radius 2 is 2.10 bits per heavy atom. The summed E-state index contributed by atoms with van der Waals surface area (Å²) in [6.45, 7) is 2.96. The molecule has 2 aliphatic rings. The first-order valence-corrected chi connectivity index (χ1v) is 7.68. The third-order valence-electron chi connectivity index (χ3n) is 4.44. The van der Waals surface area contributed by atoms with Crippen molar-refractivity contribution in [3.63, 3.8) is 0 Å². The average Bonchev–Trinajstić information content (AvgIpc) is 2.93. The third kappa shape index (κ3) is 2.80. The van der Waals surface area contributed by atoms with Gasteiger partial charge in [0.25, 0.3) is 0 Å². The molecule has 1 fully saturated rings. The molecule has 4 heteroatoms. The number of fused-ring (bicyclic) bond motifs is 1. The first-order chi connectivity index (χ1) is 10.2. The number of benzene rings is 1. The van der Waals surface area contributed by atoms with E-state index in [9.17, 15) is 9.59 Å². The van der Waals surface area contributed by atoms with Crippen LogP contribution in [0, 0.1) is 0 Å². The number of hydrogen-bond donors (Lipinski definition) is 0. The predicted octanol–water partition coefficient (Wildman–Crippen LogP) is 2.52. The lowest BCUT2D eigenvalue weighted by molar-refractivity contribution is -0.135. The summed E-state index contributed by atoms with van der Waals surface area (Å²) >= 11 is 0. The maximum absolute atomic E-state index is 12.9. The summed E-state index contributed by atoms with van der Waals surface area (Å²) in [5.74, 6) is 1.02. The normalized spacial score (nSPS) is 24.3. The van der Waals surface area contributed by atoms with Crippen LogP contribution in [0.15, 0.2) is 24.3 Å². The Bertz CT molecular complexity index is 555. The lowest BCUT2D eigenvalue weighted by atomic mass is 9.91. The molecule has 21 heavy (non-hydrogen) atoms. The Labute approximate surface area is 125 Å². The fourth-order valence-electron chi connectivity index (χ4n) is 3.47. The number of para-hydroxylation sites is 1. The van der Waals surface area contributed by atoms with Gasteiger partial charge in [-0.3, -0.25) is 9.59 Å². The molecular formula is C17H21NO3. The third-order valence-corrected chi connectivity index (χ3v) is 4.44. The van der Waals surface area contributed by atoms with E-state index in [-0.39, 0.29) is 23.7 Å². The predicted molar refractivity (Wildman–Crippen MR) is 79.3 cm³/mol. The molecule has 0 spiro atoms. The molecule has 0 aromatic heterocycles. The molecule has 0 saturated carbocycles.